The molecule has 0 unspecified atom stereocenters. The molecule has 2 aromatic rings. The molecule has 1 aromatic heterocycles. The van der Waals surface area contributed by atoms with Gasteiger partial charge in [0.15, 0.2) is 5.41 Å². The molecule has 1 atom stereocenters. The molecule has 0 saturated heterocycles. The first-order chi connectivity index (χ1) is 12.0. The number of carbonyl (C=O) groups excluding carboxylic acids is 2. The van der Waals surface area contributed by atoms with Crippen LogP contribution in [0.25, 0.3) is 0 Å². The van der Waals surface area contributed by atoms with Gasteiger partial charge in [0.25, 0.3) is 0 Å². The number of pyridine rings is 1. The van der Waals surface area contributed by atoms with Crippen molar-refractivity contribution < 1.29 is 19.1 Å². The molecule has 0 fully saturated rings. The summed E-state index contributed by atoms with van der Waals surface area (Å²) in [4.78, 5) is 28.4. The van der Waals surface area contributed by atoms with Gasteiger partial charge in [0.1, 0.15) is 5.56 Å². The van der Waals surface area contributed by atoms with Crippen LogP contribution in [0.2, 0.25) is 0 Å². The van der Waals surface area contributed by atoms with E-state index in [9.17, 15) is 14.9 Å². The SMILES string of the molecule is COC(=O)c1cc(NC(=O)[C@@](C)(C#N)c2ccccc2)cnc1OC. The second-order valence-corrected chi connectivity index (χ2v) is 5.33. The van der Waals surface area contributed by atoms with E-state index in [1.807, 2.05) is 6.07 Å². The number of carbonyl (C=O) groups is 2. The van der Waals surface area contributed by atoms with Gasteiger partial charge in [-0.3, -0.25) is 4.79 Å². The highest BCUT2D eigenvalue weighted by atomic mass is 16.5. The number of nitrogens with one attached hydrogen (secondary N) is 1. The number of anilines is 1. The number of aromatic nitrogens is 1. The van der Waals surface area contributed by atoms with Crippen LogP contribution in [0.15, 0.2) is 42.6 Å². The Bertz CT molecular complexity index is 830. The number of hydrogen-bond donors (Lipinski definition) is 1. The molecular formula is C18H17N3O4. The fourth-order valence-corrected chi connectivity index (χ4v) is 2.21. The second kappa shape index (κ2) is 7.45. The molecule has 1 amide bonds. The Kier molecular flexibility index (Phi) is 5.35. The highest BCUT2D eigenvalue weighted by Crippen LogP contribution is 2.26. The summed E-state index contributed by atoms with van der Waals surface area (Å²) in [6.45, 7) is 1.52. The summed E-state index contributed by atoms with van der Waals surface area (Å²) in [5.74, 6) is -1.11. The summed E-state index contributed by atoms with van der Waals surface area (Å²) >= 11 is 0. The Hall–Kier alpha value is -3.40. The highest BCUT2D eigenvalue weighted by molar-refractivity contribution is 6.02. The van der Waals surface area contributed by atoms with Gasteiger partial charge in [0, 0.05) is 0 Å². The van der Waals surface area contributed by atoms with E-state index >= 15 is 0 Å². The standard InChI is InChI=1S/C18H17N3O4/c1-18(11-19,12-7-5-4-6-8-12)17(23)21-13-9-14(16(22)25-3)15(24-2)20-10-13/h4-10H,1-3H3,(H,21,23)/t18-/m0/s1. The zero-order chi connectivity index (χ0) is 18.4. The van der Waals surface area contributed by atoms with Crippen molar-refractivity contribution in [2.45, 2.75) is 12.3 Å². The van der Waals surface area contributed by atoms with Crippen LogP contribution < -0.4 is 10.1 Å². The smallest absolute Gasteiger partial charge is 0.343 e. The Balaban J connectivity index is 2.34. The van der Waals surface area contributed by atoms with Gasteiger partial charge in [0.2, 0.25) is 11.8 Å². The minimum Gasteiger partial charge on any atom is -0.480 e. The summed E-state index contributed by atoms with van der Waals surface area (Å²) in [5.41, 5.74) is -0.512. The minimum atomic E-state index is -1.40. The van der Waals surface area contributed by atoms with E-state index in [0.717, 1.165) is 0 Å². The lowest BCUT2D eigenvalue weighted by Crippen LogP contribution is -2.36. The van der Waals surface area contributed by atoms with Crippen molar-refractivity contribution in [2.75, 3.05) is 19.5 Å². The molecule has 0 saturated carbocycles. The van der Waals surface area contributed by atoms with Gasteiger partial charge in [-0.25, -0.2) is 9.78 Å². The molecule has 0 aliphatic carbocycles. The number of esters is 1. The van der Waals surface area contributed by atoms with Crippen LogP contribution >= 0.6 is 0 Å². The number of amides is 1. The molecule has 1 heterocycles. The molecule has 2 rings (SSSR count). The van der Waals surface area contributed by atoms with Crippen molar-refractivity contribution in [3.05, 3.63) is 53.7 Å². The largest absolute Gasteiger partial charge is 0.480 e. The maximum atomic E-state index is 12.7. The summed E-state index contributed by atoms with van der Waals surface area (Å²) in [5, 5.41) is 12.1. The fourth-order valence-electron chi connectivity index (χ4n) is 2.21. The van der Waals surface area contributed by atoms with Gasteiger partial charge >= 0.3 is 5.97 Å². The van der Waals surface area contributed by atoms with Gasteiger partial charge in [0.05, 0.1) is 32.2 Å². The average Bonchev–Trinajstić information content (AvgIpc) is 2.67. The Morgan fingerprint density at radius 3 is 2.48 bits per heavy atom. The number of benzene rings is 1. The predicted molar refractivity (Wildman–Crippen MR) is 90.2 cm³/mol. The van der Waals surface area contributed by atoms with Crippen molar-refractivity contribution in [2.24, 2.45) is 0 Å². The normalized spacial score (nSPS) is 12.4. The van der Waals surface area contributed by atoms with Gasteiger partial charge in [-0.2, -0.15) is 5.26 Å². The predicted octanol–water partition coefficient (Wildman–Crippen LogP) is 2.30. The molecule has 128 valence electrons. The summed E-state index contributed by atoms with van der Waals surface area (Å²) in [6, 6.07) is 12.1. The summed E-state index contributed by atoms with van der Waals surface area (Å²) in [7, 11) is 2.60. The molecule has 0 bridgehead atoms. The first kappa shape index (κ1) is 17.9. The Morgan fingerprint density at radius 2 is 1.92 bits per heavy atom. The van der Waals surface area contributed by atoms with Crippen LogP contribution in [-0.4, -0.2) is 31.1 Å². The molecule has 0 spiro atoms. The topological polar surface area (TPSA) is 101 Å². The van der Waals surface area contributed by atoms with Crippen LogP contribution in [0.3, 0.4) is 0 Å². The van der Waals surface area contributed by atoms with Gasteiger partial charge in [-0.15, -0.1) is 0 Å². The number of ether oxygens (including phenoxy) is 2. The van der Waals surface area contributed by atoms with Crippen molar-refractivity contribution in [1.29, 1.82) is 5.26 Å². The number of rotatable bonds is 5. The second-order valence-electron chi connectivity index (χ2n) is 5.33. The lowest BCUT2D eigenvalue weighted by atomic mass is 9.83. The molecule has 1 aromatic carbocycles. The number of hydrogen-bond acceptors (Lipinski definition) is 6. The summed E-state index contributed by atoms with van der Waals surface area (Å²) in [6.07, 6.45) is 1.34. The van der Waals surface area contributed by atoms with Crippen molar-refractivity contribution >= 4 is 17.6 Å². The Morgan fingerprint density at radius 1 is 1.24 bits per heavy atom. The third kappa shape index (κ3) is 3.58. The van der Waals surface area contributed by atoms with Gasteiger partial charge in [-0.1, -0.05) is 30.3 Å². The Labute approximate surface area is 145 Å². The number of methoxy groups -OCH3 is 2. The maximum Gasteiger partial charge on any atom is 0.343 e. The van der Waals surface area contributed by atoms with E-state index in [1.54, 1.807) is 30.3 Å². The number of nitriles is 1. The van der Waals surface area contributed by atoms with E-state index in [4.69, 9.17) is 4.74 Å². The molecule has 0 radical (unpaired) electrons. The molecule has 7 heteroatoms. The number of nitrogens with zero attached hydrogens (tertiary/aromatic N) is 2. The van der Waals surface area contributed by atoms with Crippen LogP contribution in [0.1, 0.15) is 22.8 Å². The molecule has 25 heavy (non-hydrogen) atoms. The van der Waals surface area contributed by atoms with E-state index in [1.165, 1.54) is 33.4 Å². The van der Waals surface area contributed by atoms with Crippen LogP contribution in [0.4, 0.5) is 5.69 Å². The third-order valence-corrected chi connectivity index (χ3v) is 3.74. The van der Waals surface area contributed by atoms with Gasteiger partial charge in [-0.05, 0) is 18.6 Å². The van der Waals surface area contributed by atoms with Crippen LogP contribution in [-0.2, 0) is 14.9 Å². The molecule has 7 nitrogen and oxygen atoms in total. The fraction of sp³-hybridized carbons (Fsp3) is 0.222. The van der Waals surface area contributed by atoms with Crippen molar-refractivity contribution in [3.8, 4) is 11.9 Å². The van der Waals surface area contributed by atoms with Gasteiger partial charge < -0.3 is 14.8 Å². The highest BCUT2D eigenvalue weighted by Gasteiger charge is 2.35. The first-order valence-electron chi connectivity index (χ1n) is 7.37. The van der Waals surface area contributed by atoms with E-state index in [2.05, 4.69) is 15.0 Å². The lowest BCUT2D eigenvalue weighted by molar-refractivity contribution is -0.119. The van der Waals surface area contributed by atoms with Crippen molar-refractivity contribution in [1.82, 2.24) is 4.98 Å². The third-order valence-electron chi connectivity index (χ3n) is 3.74. The lowest BCUT2D eigenvalue weighted by Gasteiger charge is -2.21. The summed E-state index contributed by atoms with van der Waals surface area (Å²) < 4.78 is 9.68. The molecular weight excluding hydrogens is 322 g/mol. The van der Waals surface area contributed by atoms with Crippen molar-refractivity contribution in [3.63, 3.8) is 0 Å². The monoisotopic (exact) mass is 339 g/mol. The maximum absolute atomic E-state index is 12.7. The minimum absolute atomic E-state index is 0.0705. The van der Waals surface area contributed by atoms with E-state index in [0.29, 0.717) is 5.56 Å². The quantitative estimate of drug-likeness (QED) is 0.839. The molecule has 0 aliphatic heterocycles. The zero-order valence-corrected chi connectivity index (χ0v) is 14.1. The first-order valence-corrected chi connectivity index (χ1v) is 7.37. The van der Waals surface area contributed by atoms with Crippen LogP contribution in [0.5, 0.6) is 5.88 Å². The van der Waals surface area contributed by atoms with Crippen LogP contribution in [0, 0.1) is 11.3 Å². The van der Waals surface area contributed by atoms with E-state index < -0.39 is 17.3 Å². The molecule has 1 N–H and O–H groups in total. The average molecular weight is 339 g/mol. The van der Waals surface area contributed by atoms with E-state index in [-0.39, 0.29) is 17.1 Å². The zero-order valence-electron chi connectivity index (χ0n) is 14.1. The molecule has 0 aliphatic rings.